The number of aryl methyl sites for hydroxylation is 1. The van der Waals surface area contributed by atoms with Crippen LogP contribution in [0.15, 0.2) is 23.4 Å². The van der Waals surface area contributed by atoms with Gasteiger partial charge in [0.15, 0.2) is 5.16 Å². The number of hydrogen-bond donors (Lipinski definition) is 2. The summed E-state index contributed by atoms with van der Waals surface area (Å²) in [5.74, 6) is -0.553. The lowest BCUT2D eigenvalue weighted by Crippen LogP contribution is -2.19. The third-order valence-corrected chi connectivity index (χ3v) is 5.13. The minimum Gasteiger partial charge on any atom is -0.370 e. The Balaban J connectivity index is 2.13. The van der Waals surface area contributed by atoms with Gasteiger partial charge in [-0.2, -0.15) is 13.2 Å². The second-order valence-electron chi connectivity index (χ2n) is 6.87. The molecule has 3 N–H and O–H groups in total. The van der Waals surface area contributed by atoms with Crippen LogP contribution in [0.3, 0.4) is 0 Å². The number of nitrogens with zero attached hydrogens (tertiary/aromatic N) is 3. The van der Waals surface area contributed by atoms with E-state index in [9.17, 15) is 22.8 Å². The summed E-state index contributed by atoms with van der Waals surface area (Å²) >= 11 is 6.88. The van der Waals surface area contributed by atoms with E-state index in [4.69, 9.17) is 17.3 Å². The third-order valence-electron chi connectivity index (χ3n) is 3.85. The number of amides is 2. The van der Waals surface area contributed by atoms with Crippen molar-refractivity contribution in [3.8, 4) is 0 Å². The number of hydrogen-bond acceptors (Lipinski definition) is 5. The maximum absolute atomic E-state index is 13.2. The Morgan fingerprint density at radius 1 is 1.30 bits per heavy atom. The van der Waals surface area contributed by atoms with Gasteiger partial charge in [0.1, 0.15) is 5.82 Å². The number of nitrogens with one attached hydrogen (secondary N) is 1. The third kappa shape index (κ3) is 6.63. The van der Waals surface area contributed by atoms with E-state index in [2.05, 4.69) is 15.5 Å². The minimum absolute atomic E-state index is 0.105. The number of para-hydroxylation sites is 1. The Kier molecular flexibility index (Phi) is 8.13. The van der Waals surface area contributed by atoms with Crippen LogP contribution in [0.4, 0.5) is 18.9 Å². The molecule has 0 aliphatic heterocycles. The number of nitrogens with two attached hydrogens (primary N) is 1. The zero-order chi connectivity index (χ0) is 22.5. The molecule has 1 heterocycles. The Morgan fingerprint density at radius 2 is 2.00 bits per heavy atom. The van der Waals surface area contributed by atoms with E-state index in [1.807, 2.05) is 13.8 Å². The van der Waals surface area contributed by atoms with Gasteiger partial charge in [0, 0.05) is 19.4 Å². The van der Waals surface area contributed by atoms with Crippen LogP contribution in [0.2, 0.25) is 5.02 Å². The number of anilines is 1. The van der Waals surface area contributed by atoms with E-state index in [-0.39, 0.29) is 23.1 Å². The standard InChI is InChI=1S/C18H21ClF3N5O2S/c1-10(2)8-27-14(7-6-13(23)28)25-26-17(27)30-9-15(29)24-16-11(18(20,21)22)4-3-5-12(16)19/h3-5,10H,6-9H2,1-2H3,(H2,23,28)(H,24,29). The van der Waals surface area contributed by atoms with Gasteiger partial charge >= 0.3 is 6.18 Å². The molecule has 0 saturated heterocycles. The van der Waals surface area contributed by atoms with Crippen molar-refractivity contribution in [3.05, 3.63) is 34.6 Å². The number of aromatic nitrogens is 3. The van der Waals surface area contributed by atoms with Gasteiger partial charge < -0.3 is 15.6 Å². The molecule has 164 valence electrons. The van der Waals surface area contributed by atoms with Gasteiger partial charge in [-0.25, -0.2) is 0 Å². The monoisotopic (exact) mass is 463 g/mol. The first-order valence-electron chi connectivity index (χ1n) is 8.97. The molecular formula is C18H21ClF3N5O2S. The SMILES string of the molecule is CC(C)Cn1c(CCC(N)=O)nnc1SCC(=O)Nc1c(Cl)cccc1C(F)(F)F. The Hall–Kier alpha value is -2.27. The highest BCUT2D eigenvalue weighted by Crippen LogP contribution is 2.38. The predicted octanol–water partition coefficient (Wildman–Crippen LogP) is 3.76. The quantitative estimate of drug-likeness (QED) is 0.551. The summed E-state index contributed by atoms with van der Waals surface area (Å²) in [6, 6.07) is 3.28. The number of carbonyl (C=O) groups is 2. The van der Waals surface area contributed by atoms with Gasteiger partial charge in [0.05, 0.1) is 22.0 Å². The lowest BCUT2D eigenvalue weighted by atomic mass is 10.1. The topological polar surface area (TPSA) is 103 Å². The van der Waals surface area contributed by atoms with Crippen molar-refractivity contribution < 1.29 is 22.8 Å². The Labute approximate surface area is 180 Å². The molecule has 2 amide bonds. The van der Waals surface area contributed by atoms with Gasteiger partial charge in [-0.15, -0.1) is 10.2 Å². The fourth-order valence-corrected chi connectivity index (χ4v) is 3.58. The Morgan fingerprint density at radius 3 is 2.60 bits per heavy atom. The molecule has 0 aliphatic carbocycles. The summed E-state index contributed by atoms with van der Waals surface area (Å²) in [5.41, 5.74) is 3.67. The van der Waals surface area contributed by atoms with E-state index in [1.165, 1.54) is 6.07 Å². The highest BCUT2D eigenvalue weighted by molar-refractivity contribution is 7.99. The molecule has 2 rings (SSSR count). The van der Waals surface area contributed by atoms with Crippen molar-refractivity contribution in [2.24, 2.45) is 11.7 Å². The van der Waals surface area contributed by atoms with Crippen LogP contribution < -0.4 is 11.1 Å². The summed E-state index contributed by atoms with van der Waals surface area (Å²) in [4.78, 5) is 23.3. The maximum Gasteiger partial charge on any atom is 0.418 e. The molecule has 0 atom stereocenters. The molecule has 1 aromatic carbocycles. The van der Waals surface area contributed by atoms with Gasteiger partial charge in [-0.1, -0.05) is 43.3 Å². The Bertz CT molecular complexity index is 918. The number of thioether (sulfide) groups is 1. The molecule has 7 nitrogen and oxygen atoms in total. The average molecular weight is 464 g/mol. The first kappa shape index (κ1) is 24.0. The van der Waals surface area contributed by atoms with Gasteiger partial charge in [0.2, 0.25) is 11.8 Å². The summed E-state index contributed by atoms with van der Waals surface area (Å²) in [5, 5.41) is 10.5. The van der Waals surface area contributed by atoms with Gasteiger partial charge in [0.25, 0.3) is 0 Å². The van der Waals surface area contributed by atoms with Crippen LogP contribution in [0.25, 0.3) is 0 Å². The van der Waals surface area contributed by atoms with E-state index in [0.29, 0.717) is 23.9 Å². The van der Waals surface area contributed by atoms with Crippen LogP contribution in [0.1, 0.15) is 31.7 Å². The van der Waals surface area contributed by atoms with Crippen molar-refractivity contribution in [3.63, 3.8) is 0 Å². The fourth-order valence-electron chi connectivity index (χ4n) is 2.59. The van der Waals surface area contributed by atoms with Crippen LogP contribution in [-0.2, 0) is 28.7 Å². The molecule has 0 aliphatic rings. The maximum atomic E-state index is 13.2. The van der Waals surface area contributed by atoms with Crippen molar-refractivity contribution in [2.45, 2.75) is 44.6 Å². The summed E-state index contributed by atoms with van der Waals surface area (Å²) in [7, 11) is 0. The number of carbonyl (C=O) groups excluding carboxylic acids is 2. The van der Waals surface area contributed by atoms with Crippen molar-refractivity contribution in [1.82, 2.24) is 14.8 Å². The van der Waals surface area contributed by atoms with Crippen LogP contribution in [0.5, 0.6) is 0 Å². The van der Waals surface area contributed by atoms with E-state index >= 15 is 0 Å². The molecule has 0 unspecified atom stereocenters. The second kappa shape index (κ2) is 10.2. The molecule has 0 saturated carbocycles. The molecular weight excluding hydrogens is 443 g/mol. The molecule has 0 fully saturated rings. The number of benzene rings is 1. The molecule has 0 spiro atoms. The van der Waals surface area contributed by atoms with E-state index in [1.54, 1.807) is 4.57 Å². The largest absolute Gasteiger partial charge is 0.418 e. The van der Waals surface area contributed by atoms with Crippen LogP contribution in [-0.4, -0.2) is 32.3 Å². The molecule has 0 bridgehead atoms. The van der Waals surface area contributed by atoms with E-state index in [0.717, 1.165) is 23.9 Å². The van der Waals surface area contributed by atoms with Gasteiger partial charge in [-0.3, -0.25) is 9.59 Å². The zero-order valence-electron chi connectivity index (χ0n) is 16.3. The summed E-state index contributed by atoms with van der Waals surface area (Å²) in [6.07, 6.45) is -4.25. The van der Waals surface area contributed by atoms with Crippen molar-refractivity contribution >= 4 is 40.9 Å². The molecule has 12 heteroatoms. The van der Waals surface area contributed by atoms with Crippen LogP contribution >= 0.6 is 23.4 Å². The lowest BCUT2D eigenvalue weighted by molar-refractivity contribution is -0.137. The highest BCUT2D eigenvalue weighted by Gasteiger charge is 2.34. The molecule has 30 heavy (non-hydrogen) atoms. The average Bonchev–Trinajstić information content (AvgIpc) is 3.00. The second-order valence-corrected chi connectivity index (χ2v) is 8.22. The first-order chi connectivity index (χ1) is 14.0. The lowest BCUT2D eigenvalue weighted by Gasteiger charge is -2.15. The zero-order valence-corrected chi connectivity index (χ0v) is 17.9. The molecule has 2 aromatic rings. The number of halogens is 4. The van der Waals surface area contributed by atoms with E-state index < -0.39 is 29.2 Å². The first-order valence-corrected chi connectivity index (χ1v) is 10.3. The number of primary amides is 1. The minimum atomic E-state index is -4.66. The smallest absolute Gasteiger partial charge is 0.370 e. The number of alkyl halides is 3. The molecule has 0 radical (unpaired) electrons. The van der Waals surface area contributed by atoms with Crippen LogP contribution in [0, 0.1) is 5.92 Å². The predicted molar refractivity (Wildman–Crippen MR) is 108 cm³/mol. The van der Waals surface area contributed by atoms with Crippen molar-refractivity contribution in [2.75, 3.05) is 11.1 Å². The normalized spacial score (nSPS) is 11.7. The summed E-state index contributed by atoms with van der Waals surface area (Å²) < 4.78 is 41.3. The highest BCUT2D eigenvalue weighted by atomic mass is 35.5. The summed E-state index contributed by atoms with van der Waals surface area (Å²) in [6.45, 7) is 4.51. The fraction of sp³-hybridized carbons (Fsp3) is 0.444. The molecule has 1 aromatic heterocycles. The van der Waals surface area contributed by atoms with Gasteiger partial charge in [-0.05, 0) is 18.1 Å². The van der Waals surface area contributed by atoms with Crippen molar-refractivity contribution in [1.29, 1.82) is 0 Å². The number of rotatable bonds is 9.